The lowest BCUT2D eigenvalue weighted by Crippen LogP contribution is -3.11. The minimum absolute atomic E-state index is 0.162. The molecule has 1 heterocycles. The molecule has 2 rings (SSSR count). The van der Waals surface area contributed by atoms with Crippen molar-refractivity contribution in [3.8, 4) is 11.5 Å². The van der Waals surface area contributed by atoms with E-state index in [9.17, 15) is 22.8 Å². The quantitative estimate of drug-likeness (QED) is 0.578. The van der Waals surface area contributed by atoms with Crippen LogP contribution in [0.3, 0.4) is 0 Å². The van der Waals surface area contributed by atoms with Crippen molar-refractivity contribution in [2.45, 2.75) is 19.6 Å². The van der Waals surface area contributed by atoms with Gasteiger partial charge in [0.15, 0.2) is 23.9 Å². The van der Waals surface area contributed by atoms with Crippen LogP contribution in [0, 0.1) is 0 Å². The Hall–Kier alpha value is -2.82. The first kappa shape index (κ1) is 21.5. The van der Waals surface area contributed by atoms with E-state index in [4.69, 9.17) is 9.47 Å². The summed E-state index contributed by atoms with van der Waals surface area (Å²) in [5.41, 5.74) is -0.00805. The second-order valence-corrected chi connectivity index (χ2v) is 6.09. The van der Waals surface area contributed by atoms with Crippen molar-refractivity contribution in [1.29, 1.82) is 0 Å². The summed E-state index contributed by atoms with van der Waals surface area (Å²) in [6.07, 6.45) is -4.46. The van der Waals surface area contributed by atoms with E-state index < -0.39 is 24.2 Å². The van der Waals surface area contributed by atoms with Crippen molar-refractivity contribution >= 4 is 16.8 Å². The van der Waals surface area contributed by atoms with Crippen LogP contribution in [0.4, 0.5) is 13.2 Å². The van der Waals surface area contributed by atoms with Crippen LogP contribution >= 0.6 is 0 Å². The zero-order chi connectivity index (χ0) is 20.9. The van der Waals surface area contributed by atoms with E-state index in [1.54, 1.807) is 13.0 Å². The Bertz CT molecular complexity index is 898. The number of rotatable bonds is 8. The second-order valence-electron chi connectivity index (χ2n) is 6.09. The van der Waals surface area contributed by atoms with Gasteiger partial charge in [0.2, 0.25) is 0 Å². The van der Waals surface area contributed by atoms with E-state index in [1.165, 1.54) is 20.3 Å². The Labute approximate surface area is 158 Å². The number of nitrogens with zero attached hydrogens (tertiary/aromatic N) is 1. The number of hydrogen-bond acceptors (Lipinski definition) is 5. The number of alkyl halides is 3. The molecule has 0 aliphatic rings. The number of aromatic nitrogens is 2. The summed E-state index contributed by atoms with van der Waals surface area (Å²) >= 11 is 0. The summed E-state index contributed by atoms with van der Waals surface area (Å²) in [6.45, 7) is 0.831. The van der Waals surface area contributed by atoms with Crippen molar-refractivity contribution in [3.63, 3.8) is 0 Å². The molecule has 0 radical (unpaired) electrons. The van der Waals surface area contributed by atoms with E-state index >= 15 is 0 Å². The maximum absolute atomic E-state index is 12.4. The number of likely N-dealkylation sites (N-methyl/N-ethyl adjacent to an activating group) is 1. The molecule has 0 spiro atoms. The lowest BCUT2D eigenvalue weighted by atomic mass is 10.2. The van der Waals surface area contributed by atoms with Gasteiger partial charge in [-0.25, -0.2) is 4.98 Å². The van der Waals surface area contributed by atoms with E-state index in [1.807, 2.05) is 5.32 Å². The summed E-state index contributed by atoms with van der Waals surface area (Å²) in [5.74, 6) is 0.372. The molecule has 1 atom stereocenters. The number of H-pyrrole nitrogens is 1. The van der Waals surface area contributed by atoms with Crippen LogP contribution in [0.5, 0.6) is 11.5 Å². The Kier molecular flexibility index (Phi) is 6.84. The van der Waals surface area contributed by atoms with Crippen molar-refractivity contribution < 1.29 is 32.3 Å². The first-order chi connectivity index (χ1) is 13.2. The molecule has 0 saturated heterocycles. The van der Waals surface area contributed by atoms with E-state index in [2.05, 4.69) is 9.97 Å². The van der Waals surface area contributed by atoms with Crippen LogP contribution < -0.4 is 25.2 Å². The van der Waals surface area contributed by atoms with Crippen molar-refractivity contribution in [2.24, 2.45) is 0 Å². The van der Waals surface area contributed by atoms with E-state index in [0.29, 0.717) is 39.7 Å². The Morgan fingerprint density at radius 1 is 1.25 bits per heavy atom. The number of nitrogens with one attached hydrogen (secondary N) is 3. The molecule has 0 aliphatic carbocycles. The molecule has 1 aromatic carbocycles. The van der Waals surface area contributed by atoms with Crippen molar-refractivity contribution in [3.05, 3.63) is 28.3 Å². The van der Waals surface area contributed by atoms with Gasteiger partial charge in [0.1, 0.15) is 13.1 Å². The van der Waals surface area contributed by atoms with Gasteiger partial charge in [0.25, 0.3) is 11.5 Å². The van der Waals surface area contributed by atoms with Crippen LogP contribution in [0.15, 0.2) is 16.9 Å². The third-order valence-electron chi connectivity index (χ3n) is 4.07. The number of hydrogen-bond donors (Lipinski definition) is 3. The number of benzene rings is 1. The fourth-order valence-electron chi connectivity index (χ4n) is 2.64. The molecule has 28 heavy (non-hydrogen) atoms. The van der Waals surface area contributed by atoms with Crippen molar-refractivity contribution in [2.75, 3.05) is 33.9 Å². The lowest BCUT2D eigenvalue weighted by Gasteiger charge is -2.17. The molecule has 1 amide bonds. The number of halogens is 3. The Morgan fingerprint density at radius 3 is 2.46 bits per heavy atom. The maximum Gasteiger partial charge on any atom is 0.405 e. The van der Waals surface area contributed by atoms with Crippen LogP contribution in [-0.2, 0) is 11.3 Å². The number of amides is 1. The van der Waals surface area contributed by atoms with Gasteiger partial charge < -0.3 is 24.7 Å². The lowest BCUT2D eigenvalue weighted by molar-refractivity contribution is -0.904. The van der Waals surface area contributed by atoms with Crippen LogP contribution in [-0.4, -0.2) is 55.9 Å². The van der Waals surface area contributed by atoms with Gasteiger partial charge >= 0.3 is 6.18 Å². The zero-order valence-electron chi connectivity index (χ0n) is 15.7. The van der Waals surface area contributed by atoms with Gasteiger partial charge in [-0.1, -0.05) is 0 Å². The van der Waals surface area contributed by atoms with Crippen LogP contribution in [0.25, 0.3) is 10.9 Å². The summed E-state index contributed by atoms with van der Waals surface area (Å²) in [6, 6.07) is 3.08. The van der Waals surface area contributed by atoms with Crippen molar-refractivity contribution in [1.82, 2.24) is 15.3 Å². The normalized spacial score (nSPS) is 12.6. The number of carbonyl (C=O) groups excluding carboxylic acids is 1. The van der Waals surface area contributed by atoms with Crippen LogP contribution in [0.2, 0.25) is 0 Å². The topological polar surface area (TPSA) is 97.8 Å². The standard InChI is InChI=1S/C17H21F3N4O4/c1-4-24(8-15(25)21-9-17(18,19)20)7-14-22-11-6-13(28-3)12(27-2)5-10(11)16(26)23-14/h5-6H,4,7-9H2,1-3H3,(H,21,25)(H,22,23,26)/p+1. The highest BCUT2D eigenvalue weighted by atomic mass is 19.4. The predicted molar refractivity (Wildman–Crippen MR) is 94.6 cm³/mol. The first-order valence-electron chi connectivity index (χ1n) is 8.48. The fraction of sp³-hybridized carbons (Fsp3) is 0.471. The molecule has 3 N–H and O–H groups in total. The Balaban J connectivity index is 2.19. The zero-order valence-corrected chi connectivity index (χ0v) is 15.7. The Morgan fingerprint density at radius 2 is 1.89 bits per heavy atom. The van der Waals surface area contributed by atoms with Gasteiger partial charge in [0.05, 0.1) is 31.7 Å². The molecule has 0 bridgehead atoms. The molecule has 1 aromatic heterocycles. The largest absolute Gasteiger partial charge is 0.493 e. The number of methoxy groups -OCH3 is 2. The minimum Gasteiger partial charge on any atom is -0.493 e. The molecule has 2 aromatic rings. The van der Waals surface area contributed by atoms with Gasteiger partial charge in [-0.2, -0.15) is 13.2 Å². The molecule has 8 nitrogen and oxygen atoms in total. The number of fused-ring (bicyclic) bond motifs is 1. The van der Waals surface area contributed by atoms with Gasteiger partial charge in [-0.15, -0.1) is 0 Å². The third-order valence-corrected chi connectivity index (χ3v) is 4.07. The molecule has 0 saturated carbocycles. The first-order valence-corrected chi connectivity index (χ1v) is 8.48. The average Bonchev–Trinajstić information content (AvgIpc) is 2.64. The summed E-state index contributed by atoms with van der Waals surface area (Å²) in [4.78, 5) is 31.8. The second kappa shape index (κ2) is 8.91. The SMILES string of the molecule is CC[NH+](CC(=O)NCC(F)(F)F)Cc1nc2cc(OC)c(OC)cc2c(=O)[nH]1. The highest BCUT2D eigenvalue weighted by Gasteiger charge is 2.28. The average molecular weight is 403 g/mol. The molecular weight excluding hydrogens is 381 g/mol. The third kappa shape index (κ3) is 5.59. The van der Waals surface area contributed by atoms with Crippen LogP contribution in [0.1, 0.15) is 12.7 Å². The van der Waals surface area contributed by atoms with E-state index in [-0.39, 0.29) is 13.1 Å². The molecule has 1 unspecified atom stereocenters. The number of carbonyl (C=O) groups is 1. The predicted octanol–water partition coefficient (Wildman–Crippen LogP) is 0.0236. The maximum atomic E-state index is 12.4. The number of ether oxygens (including phenoxy) is 2. The summed E-state index contributed by atoms with van der Waals surface area (Å²) < 4.78 is 47.0. The molecular formula is C17H22F3N4O4+. The summed E-state index contributed by atoms with van der Waals surface area (Å²) in [5, 5.41) is 2.14. The molecule has 0 fully saturated rings. The molecule has 0 aliphatic heterocycles. The highest BCUT2D eigenvalue weighted by Crippen LogP contribution is 2.29. The number of quaternary nitrogens is 1. The summed E-state index contributed by atoms with van der Waals surface area (Å²) in [7, 11) is 2.91. The number of aromatic amines is 1. The fourth-order valence-corrected chi connectivity index (χ4v) is 2.64. The van der Waals surface area contributed by atoms with E-state index in [0.717, 1.165) is 0 Å². The van der Waals surface area contributed by atoms with Gasteiger partial charge in [-0.3, -0.25) is 9.59 Å². The monoisotopic (exact) mass is 403 g/mol. The molecule has 154 valence electrons. The van der Waals surface area contributed by atoms with Gasteiger partial charge in [0, 0.05) is 6.07 Å². The smallest absolute Gasteiger partial charge is 0.405 e. The minimum atomic E-state index is -4.46. The van der Waals surface area contributed by atoms with Gasteiger partial charge in [-0.05, 0) is 13.0 Å². The molecule has 11 heteroatoms. The highest BCUT2D eigenvalue weighted by molar-refractivity contribution is 5.81.